The van der Waals surface area contributed by atoms with Crippen LogP contribution in [0, 0.1) is 0 Å². The maximum Gasteiger partial charge on any atom is 0.0705 e. The number of para-hydroxylation sites is 1. The highest BCUT2D eigenvalue weighted by molar-refractivity contribution is 8.00. The number of thioether (sulfide) groups is 1. The van der Waals surface area contributed by atoms with Crippen molar-refractivity contribution in [1.29, 1.82) is 0 Å². The Bertz CT molecular complexity index is 532. The Morgan fingerprint density at radius 2 is 2.28 bits per heavy atom. The molecule has 3 rings (SSSR count). The van der Waals surface area contributed by atoms with Crippen LogP contribution in [0.25, 0.3) is 10.9 Å². The van der Waals surface area contributed by atoms with Crippen molar-refractivity contribution in [2.24, 2.45) is 0 Å². The van der Waals surface area contributed by atoms with E-state index in [-0.39, 0.29) is 0 Å². The second-order valence-corrected chi connectivity index (χ2v) is 6.52. The minimum Gasteiger partial charge on any atom is -0.356 e. The van der Waals surface area contributed by atoms with E-state index in [4.69, 9.17) is 11.6 Å². The standard InChI is InChI=1S/C14H17ClN2S/c15-14-11-5-1-2-6-12(11)17-13(14)9-16-8-10-4-3-7-18-10/h1-2,5-6,10,16-17H,3-4,7-9H2. The highest BCUT2D eigenvalue weighted by atomic mass is 35.5. The highest BCUT2D eigenvalue weighted by Crippen LogP contribution is 2.28. The van der Waals surface area contributed by atoms with Gasteiger partial charge in [0, 0.05) is 34.9 Å². The minimum absolute atomic E-state index is 0.785. The average molecular weight is 281 g/mol. The zero-order chi connectivity index (χ0) is 12.4. The van der Waals surface area contributed by atoms with Gasteiger partial charge in [-0.2, -0.15) is 11.8 Å². The number of hydrogen-bond donors (Lipinski definition) is 2. The summed E-state index contributed by atoms with van der Waals surface area (Å²) in [6.07, 6.45) is 2.71. The van der Waals surface area contributed by atoms with Gasteiger partial charge >= 0.3 is 0 Å². The third kappa shape index (κ3) is 2.53. The average Bonchev–Trinajstić information content (AvgIpc) is 3.00. The van der Waals surface area contributed by atoms with Crippen LogP contribution in [0.2, 0.25) is 5.02 Å². The van der Waals surface area contributed by atoms with Crippen LogP contribution in [0.4, 0.5) is 0 Å². The van der Waals surface area contributed by atoms with Crippen LogP contribution in [0.1, 0.15) is 18.5 Å². The summed E-state index contributed by atoms with van der Waals surface area (Å²) in [7, 11) is 0. The van der Waals surface area contributed by atoms with Gasteiger partial charge in [-0.1, -0.05) is 29.8 Å². The summed E-state index contributed by atoms with van der Waals surface area (Å²) in [5.41, 5.74) is 2.22. The van der Waals surface area contributed by atoms with Gasteiger partial charge in [0.15, 0.2) is 0 Å². The molecule has 2 aromatic rings. The van der Waals surface area contributed by atoms with E-state index in [0.717, 1.165) is 40.0 Å². The van der Waals surface area contributed by atoms with Crippen LogP contribution < -0.4 is 5.32 Å². The molecule has 1 aromatic heterocycles. The molecule has 4 heteroatoms. The Hall–Kier alpha value is -0.640. The maximum absolute atomic E-state index is 6.38. The van der Waals surface area contributed by atoms with Gasteiger partial charge in [0.25, 0.3) is 0 Å². The largest absolute Gasteiger partial charge is 0.356 e. The predicted octanol–water partition coefficient (Wildman–Crippen LogP) is 3.81. The van der Waals surface area contributed by atoms with Crippen molar-refractivity contribution in [3.05, 3.63) is 35.0 Å². The van der Waals surface area contributed by atoms with Crippen molar-refractivity contribution >= 4 is 34.3 Å². The highest BCUT2D eigenvalue weighted by Gasteiger charge is 2.15. The molecule has 1 fully saturated rings. The molecular weight excluding hydrogens is 264 g/mol. The minimum atomic E-state index is 0.785. The van der Waals surface area contributed by atoms with E-state index >= 15 is 0 Å². The maximum atomic E-state index is 6.38. The number of hydrogen-bond acceptors (Lipinski definition) is 2. The molecule has 0 aliphatic carbocycles. The molecule has 1 unspecified atom stereocenters. The smallest absolute Gasteiger partial charge is 0.0705 e. The van der Waals surface area contributed by atoms with Gasteiger partial charge < -0.3 is 10.3 Å². The van der Waals surface area contributed by atoms with E-state index in [0.29, 0.717) is 0 Å². The summed E-state index contributed by atoms with van der Waals surface area (Å²) in [6.45, 7) is 1.90. The van der Waals surface area contributed by atoms with Crippen LogP contribution in [0.3, 0.4) is 0 Å². The van der Waals surface area contributed by atoms with Crippen molar-refractivity contribution in [3.63, 3.8) is 0 Å². The summed E-state index contributed by atoms with van der Waals surface area (Å²) in [4.78, 5) is 3.39. The first-order valence-corrected chi connectivity index (χ1v) is 7.84. The summed E-state index contributed by atoms with van der Waals surface area (Å²) in [6, 6.07) is 8.18. The predicted molar refractivity (Wildman–Crippen MR) is 80.5 cm³/mol. The summed E-state index contributed by atoms with van der Waals surface area (Å²) < 4.78 is 0. The molecule has 0 bridgehead atoms. The van der Waals surface area contributed by atoms with E-state index < -0.39 is 0 Å². The summed E-state index contributed by atoms with van der Waals surface area (Å²) >= 11 is 8.46. The number of rotatable bonds is 4. The van der Waals surface area contributed by atoms with E-state index in [1.54, 1.807) is 0 Å². The fourth-order valence-corrected chi connectivity index (χ4v) is 3.96. The molecular formula is C14H17ClN2S. The van der Waals surface area contributed by atoms with E-state index in [2.05, 4.69) is 34.2 Å². The number of aromatic amines is 1. The normalized spacial score (nSPS) is 19.7. The fourth-order valence-electron chi connectivity index (χ4n) is 2.45. The zero-order valence-corrected chi connectivity index (χ0v) is 11.8. The molecule has 1 atom stereocenters. The number of fused-ring (bicyclic) bond motifs is 1. The molecule has 2 nitrogen and oxygen atoms in total. The van der Waals surface area contributed by atoms with Crippen LogP contribution in [0.5, 0.6) is 0 Å². The molecule has 1 aliphatic rings. The lowest BCUT2D eigenvalue weighted by Crippen LogP contribution is -2.22. The van der Waals surface area contributed by atoms with Crippen molar-refractivity contribution in [2.45, 2.75) is 24.6 Å². The molecule has 1 saturated heterocycles. The van der Waals surface area contributed by atoms with E-state index in [9.17, 15) is 0 Å². The Morgan fingerprint density at radius 1 is 1.39 bits per heavy atom. The molecule has 1 aliphatic heterocycles. The second-order valence-electron chi connectivity index (χ2n) is 4.73. The van der Waals surface area contributed by atoms with E-state index in [1.165, 1.54) is 18.6 Å². The monoisotopic (exact) mass is 280 g/mol. The van der Waals surface area contributed by atoms with Crippen molar-refractivity contribution in [1.82, 2.24) is 10.3 Å². The van der Waals surface area contributed by atoms with Crippen LogP contribution in [0.15, 0.2) is 24.3 Å². The Morgan fingerprint density at radius 3 is 3.06 bits per heavy atom. The lowest BCUT2D eigenvalue weighted by Gasteiger charge is -2.09. The zero-order valence-electron chi connectivity index (χ0n) is 10.2. The lowest BCUT2D eigenvalue weighted by molar-refractivity contribution is 0.640. The number of halogens is 1. The van der Waals surface area contributed by atoms with Crippen molar-refractivity contribution in [2.75, 3.05) is 12.3 Å². The summed E-state index contributed by atoms with van der Waals surface area (Å²) in [5.74, 6) is 1.32. The molecule has 18 heavy (non-hydrogen) atoms. The van der Waals surface area contributed by atoms with Gasteiger partial charge in [0.05, 0.1) is 5.02 Å². The Balaban J connectivity index is 1.65. The molecule has 0 amide bonds. The van der Waals surface area contributed by atoms with Gasteiger partial charge in [-0.05, 0) is 24.7 Å². The van der Waals surface area contributed by atoms with Gasteiger partial charge in [0.1, 0.15) is 0 Å². The topological polar surface area (TPSA) is 27.8 Å². The first kappa shape index (κ1) is 12.4. The third-order valence-corrected chi connectivity index (χ3v) is 5.24. The number of nitrogens with one attached hydrogen (secondary N) is 2. The number of aromatic nitrogens is 1. The number of benzene rings is 1. The van der Waals surface area contributed by atoms with Gasteiger partial charge in [-0.25, -0.2) is 0 Å². The van der Waals surface area contributed by atoms with Crippen LogP contribution in [-0.4, -0.2) is 22.5 Å². The SMILES string of the molecule is Clc1c(CNCC2CCCS2)[nH]c2ccccc12. The molecule has 1 aromatic carbocycles. The molecule has 0 spiro atoms. The lowest BCUT2D eigenvalue weighted by atomic mass is 10.2. The van der Waals surface area contributed by atoms with Gasteiger partial charge in [-0.3, -0.25) is 0 Å². The summed E-state index contributed by atoms with van der Waals surface area (Å²) in [5, 5.41) is 6.27. The second kappa shape index (κ2) is 5.55. The first-order chi connectivity index (χ1) is 8.84. The molecule has 2 heterocycles. The van der Waals surface area contributed by atoms with E-state index in [1.807, 2.05) is 12.1 Å². The molecule has 96 valence electrons. The quantitative estimate of drug-likeness (QED) is 0.891. The number of H-pyrrole nitrogens is 1. The van der Waals surface area contributed by atoms with Gasteiger partial charge in [-0.15, -0.1) is 0 Å². The fraction of sp³-hybridized carbons (Fsp3) is 0.429. The molecule has 0 saturated carbocycles. The molecule has 0 radical (unpaired) electrons. The Labute approximate surface area is 116 Å². The van der Waals surface area contributed by atoms with Crippen LogP contribution >= 0.6 is 23.4 Å². The van der Waals surface area contributed by atoms with Crippen molar-refractivity contribution in [3.8, 4) is 0 Å². The third-order valence-electron chi connectivity index (χ3n) is 3.41. The van der Waals surface area contributed by atoms with Crippen LogP contribution in [-0.2, 0) is 6.54 Å². The first-order valence-electron chi connectivity index (χ1n) is 6.42. The Kier molecular flexibility index (Phi) is 3.83. The van der Waals surface area contributed by atoms with Crippen molar-refractivity contribution < 1.29 is 0 Å². The van der Waals surface area contributed by atoms with Gasteiger partial charge in [0.2, 0.25) is 0 Å². The molecule has 2 N–H and O–H groups in total.